The van der Waals surface area contributed by atoms with Gasteiger partial charge in [-0.25, -0.2) is 0 Å². The first-order valence-electron chi connectivity index (χ1n) is 8.29. The van der Waals surface area contributed by atoms with Crippen molar-refractivity contribution < 1.29 is 14.3 Å². The van der Waals surface area contributed by atoms with E-state index < -0.39 is 0 Å². The van der Waals surface area contributed by atoms with Gasteiger partial charge in [-0.15, -0.1) is 0 Å². The highest BCUT2D eigenvalue weighted by Crippen LogP contribution is 2.56. The number of allylic oxidation sites excluding steroid dienone is 1. The van der Waals surface area contributed by atoms with E-state index in [1.54, 1.807) is 6.20 Å². The molecule has 2 bridgehead atoms. The molecule has 1 aromatic heterocycles. The highest BCUT2D eigenvalue weighted by molar-refractivity contribution is 5.66. The van der Waals surface area contributed by atoms with E-state index in [0.717, 1.165) is 5.56 Å². The first kappa shape index (κ1) is 16.2. The van der Waals surface area contributed by atoms with Crippen LogP contribution in [0.1, 0.15) is 39.4 Å². The second kappa shape index (κ2) is 6.08. The molecule has 0 radical (unpaired) electrons. The number of fused-ring (bicyclic) bond motifs is 2. The van der Waals surface area contributed by atoms with Crippen molar-refractivity contribution in [2.75, 3.05) is 13.2 Å². The molecule has 0 unspecified atom stereocenters. The summed E-state index contributed by atoms with van der Waals surface area (Å²) in [7, 11) is 0. The van der Waals surface area contributed by atoms with Crippen LogP contribution in [0.25, 0.3) is 0 Å². The molecule has 3 rings (SSSR count). The molecule has 124 valence electrons. The van der Waals surface area contributed by atoms with E-state index in [2.05, 4.69) is 37.9 Å². The third-order valence-electron chi connectivity index (χ3n) is 5.81. The average Bonchev–Trinajstić information content (AvgIpc) is 2.52. The van der Waals surface area contributed by atoms with Crippen LogP contribution in [0.15, 0.2) is 36.2 Å². The van der Waals surface area contributed by atoms with Gasteiger partial charge >= 0.3 is 5.97 Å². The zero-order valence-corrected chi connectivity index (χ0v) is 14.3. The molecule has 0 N–H and O–H groups in total. The molecule has 5 atom stereocenters. The second-order valence-corrected chi connectivity index (χ2v) is 7.05. The number of hydrogen-bond acceptors (Lipinski definition) is 4. The molecule has 0 spiro atoms. The summed E-state index contributed by atoms with van der Waals surface area (Å²) in [5.74, 6) is 0.763. The van der Waals surface area contributed by atoms with Gasteiger partial charge in [-0.2, -0.15) is 0 Å². The Morgan fingerprint density at radius 3 is 2.91 bits per heavy atom. The summed E-state index contributed by atoms with van der Waals surface area (Å²) in [6, 6.07) is 4.03. The number of carbonyl (C=O) groups excluding carboxylic acids is 1. The van der Waals surface area contributed by atoms with E-state index in [9.17, 15) is 4.79 Å². The van der Waals surface area contributed by atoms with E-state index >= 15 is 0 Å². The number of hydrogen-bond donors (Lipinski definition) is 0. The molecule has 0 saturated carbocycles. The van der Waals surface area contributed by atoms with E-state index in [4.69, 9.17) is 9.47 Å². The number of esters is 1. The van der Waals surface area contributed by atoms with Crippen LogP contribution in [-0.4, -0.2) is 24.2 Å². The summed E-state index contributed by atoms with van der Waals surface area (Å²) < 4.78 is 11.7. The van der Waals surface area contributed by atoms with Crippen molar-refractivity contribution >= 4 is 5.97 Å². The normalized spacial score (nSPS) is 36.3. The molecule has 23 heavy (non-hydrogen) atoms. The Kier molecular flexibility index (Phi) is 4.28. The monoisotopic (exact) mass is 315 g/mol. The molecule has 1 aromatic rings. The van der Waals surface area contributed by atoms with Gasteiger partial charge < -0.3 is 9.47 Å². The van der Waals surface area contributed by atoms with Crippen LogP contribution < -0.4 is 0 Å². The lowest BCUT2D eigenvalue weighted by molar-refractivity contribution is -0.180. The number of ether oxygens (including phenoxy) is 2. The van der Waals surface area contributed by atoms with E-state index in [-0.39, 0.29) is 17.5 Å². The van der Waals surface area contributed by atoms with Crippen molar-refractivity contribution in [3.63, 3.8) is 0 Å². The van der Waals surface area contributed by atoms with E-state index in [1.807, 2.05) is 12.3 Å². The van der Waals surface area contributed by atoms with Gasteiger partial charge in [0.1, 0.15) is 0 Å². The number of carbonyl (C=O) groups is 1. The summed E-state index contributed by atoms with van der Waals surface area (Å²) in [5, 5.41) is 0. The van der Waals surface area contributed by atoms with Crippen LogP contribution in [0.2, 0.25) is 0 Å². The number of pyridine rings is 1. The Labute approximate surface area is 137 Å². The number of rotatable bonds is 3. The Bertz CT molecular complexity index is 612. The lowest BCUT2D eigenvalue weighted by Gasteiger charge is -2.55. The largest absolute Gasteiger partial charge is 0.465 e. The third kappa shape index (κ3) is 2.69. The third-order valence-corrected chi connectivity index (χ3v) is 5.81. The van der Waals surface area contributed by atoms with Gasteiger partial charge in [-0.05, 0) is 30.4 Å². The molecular weight excluding hydrogens is 290 g/mol. The maximum Gasteiger partial charge on any atom is 0.302 e. The van der Waals surface area contributed by atoms with Crippen molar-refractivity contribution in [2.45, 2.75) is 33.8 Å². The fraction of sp³-hybridized carbons (Fsp3) is 0.579. The SMILES string of the molecule is CC(=O)OC[C@]12CO[C@H](c3cccnc3)[C@H](C(C)=C[C@H]1C)[C@H]2C. The van der Waals surface area contributed by atoms with Crippen LogP contribution >= 0.6 is 0 Å². The maximum absolute atomic E-state index is 11.3. The molecule has 1 aliphatic carbocycles. The minimum Gasteiger partial charge on any atom is -0.465 e. The smallest absolute Gasteiger partial charge is 0.302 e. The zero-order valence-electron chi connectivity index (χ0n) is 14.3. The Hall–Kier alpha value is -1.68. The van der Waals surface area contributed by atoms with Crippen LogP contribution in [0.4, 0.5) is 0 Å². The molecule has 0 aromatic carbocycles. The Morgan fingerprint density at radius 1 is 1.48 bits per heavy atom. The summed E-state index contributed by atoms with van der Waals surface area (Å²) in [4.78, 5) is 15.6. The fourth-order valence-electron chi connectivity index (χ4n) is 4.34. The molecule has 1 aliphatic heterocycles. The van der Waals surface area contributed by atoms with E-state index in [0.29, 0.717) is 31.0 Å². The average molecular weight is 315 g/mol. The second-order valence-electron chi connectivity index (χ2n) is 7.05. The minimum absolute atomic E-state index is 0.0212. The predicted octanol–water partition coefficient (Wildman–Crippen LogP) is 3.55. The molecule has 0 amide bonds. The summed E-state index contributed by atoms with van der Waals surface area (Å²) >= 11 is 0. The fourth-order valence-corrected chi connectivity index (χ4v) is 4.34. The van der Waals surface area contributed by atoms with Gasteiger partial charge in [0.25, 0.3) is 0 Å². The quantitative estimate of drug-likeness (QED) is 0.632. The van der Waals surface area contributed by atoms with Gasteiger partial charge in [0.15, 0.2) is 0 Å². The maximum atomic E-state index is 11.3. The highest BCUT2D eigenvalue weighted by atomic mass is 16.5. The standard InChI is InChI=1S/C19H25NO3/c1-12-8-13(2)19(10-22-15(4)21)11-23-18(17(12)14(19)3)16-6-5-7-20-9-16/h5-9,13-14,17-18H,10-11H2,1-4H3/t13-,14-,17-,18-,19+/m1/s1. The summed E-state index contributed by atoms with van der Waals surface area (Å²) in [5.41, 5.74) is 2.33. The topological polar surface area (TPSA) is 48.4 Å². The highest BCUT2D eigenvalue weighted by Gasteiger charge is 2.54. The summed E-state index contributed by atoms with van der Waals surface area (Å²) in [6.45, 7) is 9.15. The lowest BCUT2D eigenvalue weighted by atomic mass is 9.56. The van der Waals surface area contributed by atoms with Gasteiger partial charge in [-0.1, -0.05) is 31.6 Å². The van der Waals surface area contributed by atoms with Crippen LogP contribution in [0.3, 0.4) is 0 Å². The van der Waals surface area contributed by atoms with Crippen molar-refractivity contribution in [2.24, 2.45) is 23.2 Å². The van der Waals surface area contributed by atoms with Gasteiger partial charge in [0.2, 0.25) is 0 Å². The Balaban J connectivity index is 1.95. The van der Waals surface area contributed by atoms with Gasteiger partial charge in [-0.3, -0.25) is 9.78 Å². The van der Waals surface area contributed by atoms with Crippen molar-refractivity contribution in [3.05, 3.63) is 41.7 Å². The van der Waals surface area contributed by atoms with Gasteiger partial charge in [0.05, 0.1) is 19.3 Å². The van der Waals surface area contributed by atoms with Crippen LogP contribution in [-0.2, 0) is 14.3 Å². The first-order valence-corrected chi connectivity index (χ1v) is 8.29. The predicted molar refractivity (Wildman–Crippen MR) is 87.6 cm³/mol. The van der Waals surface area contributed by atoms with E-state index in [1.165, 1.54) is 12.5 Å². The molecule has 1 saturated heterocycles. The molecule has 2 heterocycles. The van der Waals surface area contributed by atoms with Crippen LogP contribution in [0, 0.1) is 23.2 Å². The van der Waals surface area contributed by atoms with Crippen LogP contribution in [0.5, 0.6) is 0 Å². The number of aromatic nitrogens is 1. The molecule has 4 heteroatoms. The summed E-state index contributed by atoms with van der Waals surface area (Å²) in [6.07, 6.45) is 6.03. The minimum atomic E-state index is -0.226. The molecule has 4 nitrogen and oxygen atoms in total. The van der Waals surface area contributed by atoms with Crippen molar-refractivity contribution in [1.82, 2.24) is 4.98 Å². The molecule has 2 aliphatic rings. The van der Waals surface area contributed by atoms with Gasteiger partial charge in [0, 0.05) is 30.7 Å². The number of nitrogens with zero attached hydrogens (tertiary/aromatic N) is 1. The Morgan fingerprint density at radius 2 is 2.26 bits per heavy atom. The zero-order chi connectivity index (χ0) is 16.6. The van der Waals surface area contributed by atoms with Crippen molar-refractivity contribution in [1.29, 1.82) is 0 Å². The molecular formula is C19H25NO3. The van der Waals surface area contributed by atoms with Crippen molar-refractivity contribution in [3.8, 4) is 0 Å². The first-order chi connectivity index (χ1) is 11.0. The molecule has 1 fully saturated rings. The lowest BCUT2D eigenvalue weighted by Crippen LogP contribution is -2.54.